The maximum atomic E-state index is 13.8. The molecule has 1 N–H and O–H groups in total. The summed E-state index contributed by atoms with van der Waals surface area (Å²) in [4.78, 5) is 11.7. The number of amides is 1. The molecule has 1 saturated heterocycles. The number of fused-ring (bicyclic) bond motifs is 1. The third kappa shape index (κ3) is 3.15. The predicted molar refractivity (Wildman–Crippen MR) is 89.1 cm³/mol. The maximum absolute atomic E-state index is 13.8. The van der Waals surface area contributed by atoms with Crippen LogP contribution in [0.5, 0.6) is 0 Å². The van der Waals surface area contributed by atoms with Crippen molar-refractivity contribution in [3.05, 3.63) is 46.4 Å². The van der Waals surface area contributed by atoms with Crippen molar-refractivity contribution in [1.82, 2.24) is 10.4 Å². The molecule has 0 saturated carbocycles. The van der Waals surface area contributed by atoms with E-state index in [1.54, 1.807) is 32.0 Å². The first-order valence-corrected chi connectivity index (χ1v) is 8.22. The minimum absolute atomic E-state index is 0.0279. The van der Waals surface area contributed by atoms with Crippen molar-refractivity contribution in [2.45, 2.75) is 38.0 Å². The number of rotatable bonds is 2. The first-order valence-electron chi connectivity index (χ1n) is 7.43. The van der Waals surface area contributed by atoms with Gasteiger partial charge in [0.15, 0.2) is 6.04 Å². The molecule has 1 aliphatic heterocycles. The van der Waals surface area contributed by atoms with Gasteiger partial charge in [-0.2, -0.15) is 18.2 Å². The molecule has 1 aliphatic rings. The number of hydrogen-bond acceptors (Lipinski definition) is 2. The minimum Gasteiger partial charge on any atom is -0.287 e. The Morgan fingerprint density at radius 3 is 2.38 bits per heavy atom. The van der Waals surface area contributed by atoms with Crippen LogP contribution in [-0.2, 0) is 4.79 Å². The van der Waals surface area contributed by atoms with Crippen LogP contribution in [-0.4, -0.2) is 22.6 Å². The number of hydrazine groups is 1. The van der Waals surface area contributed by atoms with Crippen LogP contribution in [0.4, 0.5) is 13.2 Å². The van der Waals surface area contributed by atoms with Gasteiger partial charge < -0.3 is 0 Å². The van der Waals surface area contributed by atoms with Crippen molar-refractivity contribution >= 4 is 32.6 Å². The van der Waals surface area contributed by atoms with E-state index in [4.69, 9.17) is 0 Å². The highest BCUT2D eigenvalue weighted by atomic mass is 79.9. The fraction of sp³-hybridized carbons (Fsp3) is 0.353. The fourth-order valence-corrected chi connectivity index (χ4v) is 3.49. The van der Waals surface area contributed by atoms with Crippen LogP contribution in [0.1, 0.15) is 31.9 Å². The summed E-state index contributed by atoms with van der Waals surface area (Å²) in [7, 11) is 0. The number of hydrogen-bond donors (Lipinski definition) is 1. The molecule has 1 fully saturated rings. The van der Waals surface area contributed by atoms with Crippen molar-refractivity contribution in [3.63, 3.8) is 0 Å². The van der Waals surface area contributed by atoms with Crippen LogP contribution in [0.2, 0.25) is 0 Å². The topological polar surface area (TPSA) is 32.3 Å². The molecule has 3 rings (SSSR count). The molecule has 2 aromatic carbocycles. The van der Waals surface area contributed by atoms with Crippen molar-refractivity contribution < 1.29 is 18.0 Å². The van der Waals surface area contributed by atoms with Crippen LogP contribution in [0.25, 0.3) is 10.8 Å². The Bertz CT molecular complexity index is 804. The second-order valence-corrected chi connectivity index (χ2v) is 7.50. The Balaban J connectivity index is 2.10. The number of carbonyl (C=O) groups excluding carboxylic acids is 1. The lowest BCUT2D eigenvalue weighted by Gasteiger charge is -2.38. The molecule has 1 unspecified atom stereocenters. The maximum Gasteiger partial charge on any atom is 0.409 e. The zero-order valence-electron chi connectivity index (χ0n) is 13.1. The molecule has 0 spiro atoms. The van der Waals surface area contributed by atoms with Gasteiger partial charge in [0.2, 0.25) is 5.91 Å². The molecule has 128 valence electrons. The molecule has 1 amide bonds. The van der Waals surface area contributed by atoms with Gasteiger partial charge >= 0.3 is 6.18 Å². The van der Waals surface area contributed by atoms with E-state index < -0.39 is 23.7 Å². The first kappa shape index (κ1) is 17.2. The molecule has 0 radical (unpaired) electrons. The molecule has 2 aromatic rings. The summed E-state index contributed by atoms with van der Waals surface area (Å²) >= 11 is 3.35. The number of benzene rings is 2. The van der Waals surface area contributed by atoms with E-state index in [1.165, 1.54) is 12.1 Å². The largest absolute Gasteiger partial charge is 0.409 e. The summed E-state index contributed by atoms with van der Waals surface area (Å²) < 4.78 is 42.2. The molecule has 1 heterocycles. The van der Waals surface area contributed by atoms with Crippen molar-refractivity contribution in [2.24, 2.45) is 0 Å². The smallest absolute Gasteiger partial charge is 0.287 e. The number of alkyl halides is 3. The van der Waals surface area contributed by atoms with Gasteiger partial charge in [0.05, 0.1) is 0 Å². The number of nitrogens with zero attached hydrogens (tertiary/aromatic N) is 1. The quantitative estimate of drug-likeness (QED) is 0.790. The number of halogens is 4. The lowest BCUT2D eigenvalue weighted by molar-refractivity contribution is -0.203. The third-order valence-corrected chi connectivity index (χ3v) is 4.69. The van der Waals surface area contributed by atoms with E-state index in [-0.39, 0.29) is 12.0 Å². The van der Waals surface area contributed by atoms with Crippen LogP contribution < -0.4 is 5.43 Å². The van der Waals surface area contributed by atoms with Crippen LogP contribution in [0, 0.1) is 0 Å². The van der Waals surface area contributed by atoms with Gasteiger partial charge in [0.25, 0.3) is 0 Å². The van der Waals surface area contributed by atoms with E-state index in [0.717, 1.165) is 14.9 Å². The molecule has 0 aliphatic carbocycles. The molecular weight excluding hydrogens is 385 g/mol. The summed E-state index contributed by atoms with van der Waals surface area (Å²) in [6, 6.07) is 8.17. The number of nitrogens with one attached hydrogen (secondary N) is 1. The SMILES string of the molecule is CC1(C)CC(=O)NN1C(c1ccc2cc(Br)ccc2c1)C(F)(F)F. The average molecular weight is 401 g/mol. The van der Waals surface area contributed by atoms with Gasteiger partial charge in [-0.3, -0.25) is 10.2 Å². The number of carbonyl (C=O) groups is 1. The Morgan fingerprint density at radius 1 is 1.17 bits per heavy atom. The Kier molecular flexibility index (Phi) is 4.12. The van der Waals surface area contributed by atoms with Crippen LogP contribution in [0.15, 0.2) is 40.9 Å². The summed E-state index contributed by atoms with van der Waals surface area (Å²) in [6.45, 7) is 3.25. The van der Waals surface area contributed by atoms with Crippen molar-refractivity contribution in [2.75, 3.05) is 0 Å². The van der Waals surface area contributed by atoms with Gasteiger partial charge in [0, 0.05) is 16.4 Å². The lowest BCUT2D eigenvalue weighted by Crippen LogP contribution is -2.51. The van der Waals surface area contributed by atoms with E-state index >= 15 is 0 Å². The highest BCUT2D eigenvalue weighted by Crippen LogP contribution is 2.43. The van der Waals surface area contributed by atoms with Gasteiger partial charge in [0.1, 0.15) is 0 Å². The van der Waals surface area contributed by atoms with E-state index in [9.17, 15) is 18.0 Å². The summed E-state index contributed by atoms with van der Waals surface area (Å²) in [5, 5.41) is 2.59. The van der Waals surface area contributed by atoms with Gasteiger partial charge in [-0.1, -0.05) is 34.1 Å². The molecule has 3 nitrogen and oxygen atoms in total. The van der Waals surface area contributed by atoms with Gasteiger partial charge in [-0.05, 0) is 48.4 Å². The van der Waals surface area contributed by atoms with Crippen molar-refractivity contribution in [3.8, 4) is 0 Å². The highest BCUT2D eigenvalue weighted by molar-refractivity contribution is 9.10. The molecule has 1 atom stereocenters. The molecule has 0 bridgehead atoms. The standard InChI is InChI=1S/C17H16BrF3N2O/c1-16(2)9-14(24)22-23(16)15(17(19,20)21)12-4-3-11-8-13(18)6-5-10(11)7-12/h3-8,15H,9H2,1-2H3,(H,22,24). The predicted octanol–water partition coefficient (Wildman–Crippen LogP) is 4.72. The van der Waals surface area contributed by atoms with Crippen LogP contribution in [0.3, 0.4) is 0 Å². The Morgan fingerprint density at radius 2 is 1.79 bits per heavy atom. The molecule has 7 heteroatoms. The molecule has 0 aromatic heterocycles. The van der Waals surface area contributed by atoms with Crippen LogP contribution >= 0.6 is 15.9 Å². The zero-order valence-corrected chi connectivity index (χ0v) is 14.7. The fourth-order valence-electron chi connectivity index (χ4n) is 3.11. The van der Waals surface area contributed by atoms with Crippen molar-refractivity contribution in [1.29, 1.82) is 0 Å². The van der Waals surface area contributed by atoms with Gasteiger partial charge in [-0.25, -0.2) is 0 Å². The Hall–Kier alpha value is -1.60. The average Bonchev–Trinajstić information content (AvgIpc) is 2.70. The Labute approximate surface area is 145 Å². The minimum atomic E-state index is -4.52. The third-order valence-electron chi connectivity index (χ3n) is 4.20. The highest BCUT2D eigenvalue weighted by Gasteiger charge is 2.52. The second kappa shape index (κ2) is 5.74. The first-order chi connectivity index (χ1) is 11.1. The summed E-state index contributed by atoms with van der Waals surface area (Å²) in [5.41, 5.74) is 1.55. The van der Waals surface area contributed by atoms with Gasteiger partial charge in [-0.15, -0.1) is 0 Å². The molecule has 24 heavy (non-hydrogen) atoms. The summed E-state index contributed by atoms with van der Waals surface area (Å²) in [6.07, 6.45) is -4.49. The lowest BCUT2D eigenvalue weighted by atomic mass is 9.95. The molecular formula is C17H16BrF3N2O. The summed E-state index contributed by atoms with van der Waals surface area (Å²) in [5.74, 6) is -0.404. The normalized spacial score (nSPS) is 19.5. The van der Waals surface area contributed by atoms with E-state index in [1.807, 2.05) is 6.07 Å². The van der Waals surface area contributed by atoms with E-state index in [2.05, 4.69) is 21.4 Å². The zero-order chi connectivity index (χ0) is 17.7. The monoisotopic (exact) mass is 400 g/mol. The van der Waals surface area contributed by atoms with E-state index in [0.29, 0.717) is 5.39 Å². The second-order valence-electron chi connectivity index (χ2n) is 6.59.